The van der Waals surface area contributed by atoms with Crippen LogP contribution < -0.4 is 16.0 Å². The molecule has 0 unspecified atom stereocenters. The molecule has 0 fully saturated rings. The van der Waals surface area contributed by atoms with Crippen LogP contribution >= 0.6 is 35.6 Å². The summed E-state index contributed by atoms with van der Waals surface area (Å²) in [4.78, 5) is 16.5. The Morgan fingerprint density at radius 3 is 2.59 bits per heavy atom. The molecule has 9 heteroatoms. The third-order valence-electron chi connectivity index (χ3n) is 3.53. The number of aliphatic imine (C=N–C) groups is 1. The van der Waals surface area contributed by atoms with E-state index in [1.54, 1.807) is 30.5 Å². The predicted molar refractivity (Wildman–Crippen MR) is 120 cm³/mol. The predicted octanol–water partition coefficient (Wildman–Crippen LogP) is 2.53. The average molecular weight is 505 g/mol. The summed E-state index contributed by atoms with van der Waals surface area (Å²) in [5, 5.41) is 14.0. The van der Waals surface area contributed by atoms with E-state index in [0.29, 0.717) is 30.2 Å². The van der Waals surface area contributed by atoms with E-state index in [0.717, 1.165) is 25.5 Å². The summed E-state index contributed by atoms with van der Waals surface area (Å²) in [6, 6.07) is 8.72. The average Bonchev–Trinajstić information content (AvgIpc) is 3.16. The first-order valence-corrected chi connectivity index (χ1v) is 9.10. The van der Waals surface area contributed by atoms with Crippen LogP contribution in [-0.4, -0.2) is 47.8 Å². The van der Waals surface area contributed by atoms with Crippen molar-refractivity contribution in [2.24, 2.45) is 4.99 Å². The number of guanidine groups is 1. The van der Waals surface area contributed by atoms with Gasteiger partial charge in [0.05, 0.1) is 0 Å². The van der Waals surface area contributed by atoms with Gasteiger partial charge in [0, 0.05) is 55.7 Å². The summed E-state index contributed by atoms with van der Waals surface area (Å²) < 4.78 is 1.89. The largest absolute Gasteiger partial charge is 0.357 e. The van der Waals surface area contributed by atoms with E-state index in [1.165, 1.54) is 0 Å². The minimum Gasteiger partial charge on any atom is -0.357 e. The van der Waals surface area contributed by atoms with Gasteiger partial charge in [0.15, 0.2) is 5.96 Å². The van der Waals surface area contributed by atoms with Crippen molar-refractivity contribution in [3.8, 4) is 0 Å². The molecule has 1 amide bonds. The maximum absolute atomic E-state index is 12.0. The van der Waals surface area contributed by atoms with Crippen LogP contribution in [0.3, 0.4) is 0 Å². The number of nitrogens with zero attached hydrogens (tertiary/aromatic N) is 3. The van der Waals surface area contributed by atoms with Gasteiger partial charge in [-0.3, -0.25) is 14.5 Å². The van der Waals surface area contributed by atoms with Crippen LogP contribution in [0.5, 0.6) is 0 Å². The van der Waals surface area contributed by atoms with Gasteiger partial charge in [-0.15, -0.1) is 24.0 Å². The third kappa shape index (κ3) is 9.09. The van der Waals surface area contributed by atoms with Crippen molar-refractivity contribution in [1.29, 1.82) is 0 Å². The number of carbonyl (C=O) groups excluding carboxylic acids is 1. The molecule has 0 bridgehead atoms. The molecule has 27 heavy (non-hydrogen) atoms. The molecule has 1 heterocycles. The van der Waals surface area contributed by atoms with Gasteiger partial charge in [0.1, 0.15) is 0 Å². The molecule has 0 saturated carbocycles. The third-order valence-corrected chi connectivity index (χ3v) is 3.78. The molecule has 0 radical (unpaired) electrons. The molecular weight excluding hydrogens is 479 g/mol. The Morgan fingerprint density at radius 1 is 1.19 bits per heavy atom. The highest BCUT2D eigenvalue weighted by molar-refractivity contribution is 14.0. The molecule has 1 aromatic heterocycles. The number of nitrogens with one attached hydrogen (secondary N) is 3. The summed E-state index contributed by atoms with van der Waals surface area (Å²) in [5.74, 6) is 0.623. The molecule has 0 aliphatic heterocycles. The summed E-state index contributed by atoms with van der Waals surface area (Å²) in [6.07, 6.45) is 4.62. The zero-order chi connectivity index (χ0) is 18.6. The van der Waals surface area contributed by atoms with E-state index in [1.807, 2.05) is 23.9 Å². The van der Waals surface area contributed by atoms with Crippen LogP contribution in [0, 0.1) is 0 Å². The van der Waals surface area contributed by atoms with Crippen molar-refractivity contribution in [2.45, 2.75) is 19.9 Å². The van der Waals surface area contributed by atoms with E-state index in [4.69, 9.17) is 11.6 Å². The van der Waals surface area contributed by atoms with Gasteiger partial charge in [-0.25, -0.2) is 0 Å². The Bertz CT molecular complexity index is 690. The molecule has 0 atom stereocenters. The molecule has 148 valence electrons. The number of hydrogen-bond acceptors (Lipinski definition) is 3. The van der Waals surface area contributed by atoms with Crippen molar-refractivity contribution >= 4 is 47.4 Å². The highest BCUT2D eigenvalue weighted by atomic mass is 127. The number of aryl methyl sites for hydroxylation is 1. The lowest BCUT2D eigenvalue weighted by molar-refractivity contribution is 0.0954. The van der Waals surface area contributed by atoms with E-state index >= 15 is 0 Å². The van der Waals surface area contributed by atoms with Gasteiger partial charge in [0.25, 0.3) is 5.91 Å². The monoisotopic (exact) mass is 504 g/mol. The van der Waals surface area contributed by atoms with E-state index < -0.39 is 0 Å². The second kappa shape index (κ2) is 13.4. The minimum atomic E-state index is -0.121. The number of amides is 1. The fourth-order valence-corrected chi connectivity index (χ4v) is 2.38. The molecule has 2 aromatic rings. The number of rotatable bonds is 9. The van der Waals surface area contributed by atoms with Crippen molar-refractivity contribution in [3.63, 3.8) is 0 Å². The van der Waals surface area contributed by atoms with Gasteiger partial charge < -0.3 is 16.0 Å². The van der Waals surface area contributed by atoms with Crippen LogP contribution in [0.4, 0.5) is 0 Å². The van der Waals surface area contributed by atoms with Crippen LogP contribution in [0.1, 0.15) is 23.7 Å². The van der Waals surface area contributed by atoms with Crippen molar-refractivity contribution in [1.82, 2.24) is 25.7 Å². The summed E-state index contributed by atoms with van der Waals surface area (Å²) in [7, 11) is 0. The SMILES string of the molecule is CCNC(=NCCCn1cccn1)NCCNC(=O)c1ccc(Cl)cc1.I. The maximum atomic E-state index is 12.0. The van der Waals surface area contributed by atoms with E-state index in [-0.39, 0.29) is 29.9 Å². The molecule has 0 aliphatic carbocycles. The maximum Gasteiger partial charge on any atom is 0.251 e. The van der Waals surface area contributed by atoms with Crippen LogP contribution in [0.2, 0.25) is 5.02 Å². The Labute approximate surface area is 182 Å². The summed E-state index contributed by atoms with van der Waals surface area (Å²) in [5.41, 5.74) is 0.591. The second-order valence-corrected chi connectivity index (χ2v) is 6.01. The Kier molecular flexibility index (Phi) is 11.5. The molecule has 0 spiro atoms. The Hall–Kier alpha value is -1.81. The summed E-state index contributed by atoms with van der Waals surface area (Å²) >= 11 is 5.82. The first kappa shape index (κ1) is 23.2. The van der Waals surface area contributed by atoms with Gasteiger partial charge in [-0.1, -0.05) is 11.6 Å². The highest BCUT2D eigenvalue weighted by Crippen LogP contribution is 2.09. The molecule has 0 aliphatic rings. The highest BCUT2D eigenvalue weighted by Gasteiger charge is 2.04. The standard InChI is InChI=1S/C18H25ClN6O.HI/c1-2-20-18(22-9-3-13-25-14-4-10-24-25)23-12-11-21-17(26)15-5-7-16(19)8-6-15;/h4-8,10,14H,2-3,9,11-13H2,1H3,(H,21,26)(H2,20,22,23);1H. The quantitative estimate of drug-likeness (QED) is 0.212. The smallest absolute Gasteiger partial charge is 0.251 e. The lowest BCUT2D eigenvalue weighted by Gasteiger charge is -2.12. The fraction of sp³-hybridized carbons (Fsp3) is 0.389. The summed E-state index contributed by atoms with van der Waals surface area (Å²) in [6.45, 7) is 5.42. The lowest BCUT2D eigenvalue weighted by Crippen LogP contribution is -2.41. The molecule has 1 aromatic carbocycles. The second-order valence-electron chi connectivity index (χ2n) is 5.57. The first-order valence-electron chi connectivity index (χ1n) is 8.72. The zero-order valence-corrected chi connectivity index (χ0v) is 18.4. The topological polar surface area (TPSA) is 83.3 Å². The van der Waals surface area contributed by atoms with Crippen LogP contribution in [0.15, 0.2) is 47.7 Å². The number of benzene rings is 1. The zero-order valence-electron chi connectivity index (χ0n) is 15.3. The lowest BCUT2D eigenvalue weighted by atomic mass is 10.2. The molecule has 7 nitrogen and oxygen atoms in total. The Balaban J connectivity index is 0.00000364. The van der Waals surface area contributed by atoms with Crippen molar-refractivity contribution in [2.75, 3.05) is 26.2 Å². The number of halogens is 2. The van der Waals surface area contributed by atoms with E-state index in [9.17, 15) is 4.79 Å². The van der Waals surface area contributed by atoms with E-state index in [2.05, 4.69) is 26.0 Å². The number of aromatic nitrogens is 2. The van der Waals surface area contributed by atoms with Crippen LogP contribution in [0.25, 0.3) is 0 Å². The van der Waals surface area contributed by atoms with Gasteiger partial charge >= 0.3 is 0 Å². The van der Waals surface area contributed by atoms with Gasteiger partial charge in [-0.05, 0) is 43.7 Å². The fourth-order valence-electron chi connectivity index (χ4n) is 2.26. The van der Waals surface area contributed by atoms with Gasteiger partial charge in [-0.2, -0.15) is 5.10 Å². The molecule has 0 saturated heterocycles. The minimum absolute atomic E-state index is 0. The van der Waals surface area contributed by atoms with Crippen molar-refractivity contribution < 1.29 is 4.79 Å². The normalized spacial score (nSPS) is 10.8. The molecular formula is C18H26ClIN6O. The molecule has 2 rings (SSSR count). The van der Waals surface area contributed by atoms with Crippen LogP contribution in [-0.2, 0) is 6.54 Å². The molecule has 3 N–H and O–H groups in total. The number of hydrogen-bond donors (Lipinski definition) is 3. The van der Waals surface area contributed by atoms with Gasteiger partial charge in [0.2, 0.25) is 0 Å². The Morgan fingerprint density at radius 2 is 1.93 bits per heavy atom. The van der Waals surface area contributed by atoms with Crippen molar-refractivity contribution in [3.05, 3.63) is 53.3 Å². The first-order chi connectivity index (χ1) is 12.7. The number of carbonyl (C=O) groups is 1.